The fraction of sp³-hybridized carbons (Fsp3) is 0.250. The van der Waals surface area contributed by atoms with Crippen LogP contribution in [0.5, 0.6) is 0 Å². The van der Waals surface area contributed by atoms with E-state index in [2.05, 4.69) is 5.43 Å². The van der Waals surface area contributed by atoms with Crippen molar-refractivity contribution in [2.75, 3.05) is 5.43 Å². The minimum atomic E-state index is -4.37. The molecule has 0 saturated heterocycles. The van der Waals surface area contributed by atoms with E-state index >= 15 is 0 Å². The summed E-state index contributed by atoms with van der Waals surface area (Å²) >= 11 is 0. The number of anilines is 1. The Hall–Kier alpha value is -0.940. The van der Waals surface area contributed by atoms with Gasteiger partial charge in [-0.3, -0.25) is 5.84 Å². The second-order valence-electron chi connectivity index (χ2n) is 2.64. The summed E-state index contributed by atoms with van der Waals surface area (Å²) < 4.78 is 37.0. The minimum absolute atomic E-state index is 0. The first-order valence-corrected chi connectivity index (χ1v) is 3.60. The third-order valence-electron chi connectivity index (χ3n) is 1.72. The van der Waals surface area contributed by atoms with Gasteiger partial charge in [-0.05, 0) is 18.6 Å². The van der Waals surface area contributed by atoms with Crippen LogP contribution in [0.25, 0.3) is 0 Å². The van der Waals surface area contributed by atoms with Gasteiger partial charge in [0.2, 0.25) is 0 Å². The van der Waals surface area contributed by atoms with Crippen molar-refractivity contribution in [1.29, 1.82) is 0 Å². The molecule has 1 rings (SSSR count). The van der Waals surface area contributed by atoms with E-state index in [0.717, 1.165) is 6.07 Å². The highest BCUT2D eigenvalue weighted by Crippen LogP contribution is 2.35. The zero-order valence-corrected chi connectivity index (χ0v) is 8.17. The molecule has 0 fully saturated rings. The summed E-state index contributed by atoms with van der Waals surface area (Å²) in [5.41, 5.74) is 1.71. The molecule has 0 aliphatic rings. The van der Waals surface area contributed by atoms with Gasteiger partial charge in [0.05, 0.1) is 11.3 Å². The maximum absolute atomic E-state index is 12.3. The smallest absolute Gasteiger partial charge is 0.323 e. The van der Waals surface area contributed by atoms with Crippen LogP contribution >= 0.6 is 12.4 Å². The van der Waals surface area contributed by atoms with Gasteiger partial charge in [0, 0.05) is 0 Å². The molecule has 3 N–H and O–H groups in total. The van der Waals surface area contributed by atoms with Crippen LogP contribution in [-0.2, 0) is 6.18 Å². The SMILES string of the molecule is Cc1cccc(C(F)(F)F)c1NN.Cl. The molecule has 1 aromatic carbocycles. The average Bonchev–Trinajstić information content (AvgIpc) is 2.02. The monoisotopic (exact) mass is 226 g/mol. The van der Waals surface area contributed by atoms with E-state index in [0.29, 0.717) is 5.56 Å². The molecule has 80 valence electrons. The Labute approximate surface area is 85.7 Å². The molecule has 6 heteroatoms. The largest absolute Gasteiger partial charge is 0.418 e. The van der Waals surface area contributed by atoms with E-state index < -0.39 is 11.7 Å². The number of nitrogens with one attached hydrogen (secondary N) is 1. The van der Waals surface area contributed by atoms with Crippen molar-refractivity contribution >= 4 is 18.1 Å². The lowest BCUT2D eigenvalue weighted by atomic mass is 10.1. The van der Waals surface area contributed by atoms with Crippen molar-refractivity contribution in [2.24, 2.45) is 5.84 Å². The van der Waals surface area contributed by atoms with E-state index in [1.54, 1.807) is 13.0 Å². The van der Waals surface area contributed by atoms with Gasteiger partial charge >= 0.3 is 6.18 Å². The number of halogens is 4. The Balaban J connectivity index is 0.00000169. The zero-order valence-electron chi connectivity index (χ0n) is 7.35. The highest BCUT2D eigenvalue weighted by Gasteiger charge is 2.33. The topological polar surface area (TPSA) is 38.0 Å². The number of aryl methyl sites for hydroxylation is 1. The molecule has 0 spiro atoms. The predicted octanol–water partition coefficient (Wildman–Crippen LogP) is 2.72. The van der Waals surface area contributed by atoms with Crippen molar-refractivity contribution in [3.63, 3.8) is 0 Å². The number of nitrogen functional groups attached to an aromatic ring is 1. The molecule has 0 unspecified atom stereocenters. The van der Waals surface area contributed by atoms with E-state index in [4.69, 9.17) is 5.84 Å². The third-order valence-corrected chi connectivity index (χ3v) is 1.72. The molecule has 0 bridgehead atoms. The van der Waals surface area contributed by atoms with Crippen LogP contribution in [0, 0.1) is 6.92 Å². The Morgan fingerprint density at radius 1 is 1.29 bits per heavy atom. The van der Waals surface area contributed by atoms with Crippen LogP contribution in [-0.4, -0.2) is 0 Å². The van der Waals surface area contributed by atoms with Gasteiger partial charge in [0.25, 0.3) is 0 Å². The number of rotatable bonds is 1. The van der Waals surface area contributed by atoms with Gasteiger partial charge in [-0.2, -0.15) is 13.2 Å². The predicted molar refractivity (Wildman–Crippen MR) is 51.2 cm³/mol. The number of hydrogen-bond donors (Lipinski definition) is 2. The molecular formula is C8H10ClF3N2. The normalized spacial score (nSPS) is 10.6. The maximum Gasteiger partial charge on any atom is 0.418 e. The second-order valence-corrected chi connectivity index (χ2v) is 2.64. The van der Waals surface area contributed by atoms with E-state index in [1.165, 1.54) is 6.07 Å². The average molecular weight is 227 g/mol. The van der Waals surface area contributed by atoms with Crippen LogP contribution in [0.1, 0.15) is 11.1 Å². The number of benzene rings is 1. The first-order chi connectivity index (χ1) is 5.96. The van der Waals surface area contributed by atoms with E-state index in [-0.39, 0.29) is 18.1 Å². The van der Waals surface area contributed by atoms with Crippen LogP contribution in [0.3, 0.4) is 0 Å². The third kappa shape index (κ3) is 2.52. The van der Waals surface area contributed by atoms with Crippen LogP contribution < -0.4 is 11.3 Å². The lowest BCUT2D eigenvalue weighted by molar-refractivity contribution is -0.137. The van der Waals surface area contributed by atoms with Gasteiger partial charge in [-0.1, -0.05) is 12.1 Å². The van der Waals surface area contributed by atoms with Gasteiger partial charge in [0.15, 0.2) is 0 Å². The van der Waals surface area contributed by atoms with Crippen LogP contribution in [0.4, 0.5) is 18.9 Å². The number of hydrazine groups is 1. The fourth-order valence-corrected chi connectivity index (χ4v) is 1.10. The Kier molecular flexibility index (Phi) is 4.22. The number of alkyl halides is 3. The summed E-state index contributed by atoms with van der Waals surface area (Å²) in [6, 6.07) is 3.89. The molecule has 0 atom stereocenters. The molecule has 0 aliphatic carbocycles. The van der Waals surface area contributed by atoms with Crippen molar-refractivity contribution in [2.45, 2.75) is 13.1 Å². The van der Waals surface area contributed by atoms with E-state index in [1.807, 2.05) is 0 Å². The van der Waals surface area contributed by atoms with Gasteiger partial charge in [-0.25, -0.2) is 0 Å². The highest BCUT2D eigenvalue weighted by atomic mass is 35.5. The van der Waals surface area contributed by atoms with Crippen molar-refractivity contribution < 1.29 is 13.2 Å². The molecule has 0 heterocycles. The molecule has 0 amide bonds. The molecule has 0 aliphatic heterocycles. The summed E-state index contributed by atoms with van der Waals surface area (Å²) in [6.45, 7) is 1.56. The van der Waals surface area contributed by atoms with E-state index in [9.17, 15) is 13.2 Å². The Bertz CT molecular complexity index is 312. The molecule has 2 nitrogen and oxygen atoms in total. The van der Waals surface area contributed by atoms with Crippen LogP contribution in [0.15, 0.2) is 18.2 Å². The van der Waals surface area contributed by atoms with Gasteiger partial charge in [0.1, 0.15) is 0 Å². The quantitative estimate of drug-likeness (QED) is 0.571. The lowest BCUT2D eigenvalue weighted by Gasteiger charge is -2.13. The standard InChI is InChI=1S/C8H9F3N2.ClH/c1-5-3-2-4-6(7(5)13-12)8(9,10)11;/h2-4,13H,12H2,1H3;1H. The first kappa shape index (κ1) is 13.1. The summed E-state index contributed by atoms with van der Waals surface area (Å²) in [7, 11) is 0. The number of hydrogen-bond acceptors (Lipinski definition) is 2. The Morgan fingerprint density at radius 2 is 1.86 bits per heavy atom. The lowest BCUT2D eigenvalue weighted by Crippen LogP contribution is -2.15. The molecule has 1 aromatic rings. The zero-order chi connectivity index (χ0) is 10.1. The number of nitrogens with two attached hydrogens (primary N) is 1. The molecule has 0 saturated carbocycles. The Morgan fingerprint density at radius 3 is 2.21 bits per heavy atom. The maximum atomic E-state index is 12.3. The molecule has 0 aromatic heterocycles. The number of para-hydroxylation sites is 1. The van der Waals surface area contributed by atoms with Gasteiger partial charge < -0.3 is 5.43 Å². The first-order valence-electron chi connectivity index (χ1n) is 3.60. The summed E-state index contributed by atoms with van der Waals surface area (Å²) in [5.74, 6) is 5.00. The fourth-order valence-electron chi connectivity index (χ4n) is 1.10. The van der Waals surface area contributed by atoms with Crippen molar-refractivity contribution in [1.82, 2.24) is 0 Å². The highest BCUT2D eigenvalue weighted by molar-refractivity contribution is 5.85. The summed E-state index contributed by atoms with van der Waals surface area (Å²) in [5, 5.41) is 0. The molecular weight excluding hydrogens is 217 g/mol. The summed E-state index contributed by atoms with van der Waals surface area (Å²) in [4.78, 5) is 0. The summed E-state index contributed by atoms with van der Waals surface area (Å²) in [6.07, 6.45) is -4.37. The molecule has 14 heavy (non-hydrogen) atoms. The molecule has 0 radical (unpaired) electrons. The van der Waals surface area contributed by atoms with Crippen molar-refractivity contribution in [3.05, 3.63) is 29.3 Å². The minimum Gasteiger partial charge on any atom is -0.323 e. The van der Waals surface area contributed by atoms with Crippen molar-refractivity contribution in [3.8, 4) is 0 Å². The van der Waals surface area contributed by atoms with Crippen LogP contribution in [0.2, 0.25) is 0 Å². The van der Waals surface area contributed by atoms with Gasteiger partial charge in [-0.15, -0.1) is 12.4 Å². The second kappa shape index (κ2) is 4.52.